The van der Waals surface area contributed by atoms with Crippen molar-refractivity contribution in [2.24, 2.45) is 0 Å². The number of nitriles is 1. The number of halogens is 1. The van der Waals surface area contributed by atoms with Crippen molar-refractivity contribution < 1.29 is 4.39 Å². The summed E-state index contributed by atoms with van der Waals surface area (Å²) in [5, 5.41) is 8.15. The van der Waals surface area contributed by atoms with Crippen LogP contribution < -0.4 is 0 Å². The summed E-state index contributed by atoms with van der Waals surface area (Å²) >= 11 is 0. The zero-order valence-corrected chi connectivity index (χ0v) is 6.21. The van der Waals surface area contributed by atoms with E-state index in [0.29, 0.717) is 0 Å². The summed E-state index contributed by atoms with van der Waals surface area (Å²) in [6, 6.07) is 4.96. The van der Waals surface area contributed by atoms with E-state index in [-0.39, 0.29) is 12.0 Å². The van der Waals surface area contributed by atoms with Crippen molar-refractivity contribution in [2.45, 2.75) is 6.42 Å². The van der Waals surface area contributed by atoms with Gasteiger partial charge < -0.3 is 0 Å². The van der Waals surface area contributed by atoms with Gasteiger partial charge >= 0.3 is 0 Å². The van der Waals surface area contributed by atoms with Gasteiger partial charge in [-0.3, -0.25) is 0 Å². The van der Waals surface area contributed by atoms with Crippen LogP contribution in [-0.2, 0) is 0 Å². The van der Waals surface area contributed by atoms with Crippen molar-refractivity contribution in [1.29, 1.82) is 5.26 Å². The van der Waals surface area contributed by atoms with E-state index in [9.17, 15) is 4.39 Å². The molecule has 0 amide bonds. The van der Waals surface area contributed by atoms with Crippen LogP contribution in [0.25, 0.3) is 0 Å². The molecule has 0 spiro atoms. The summed E-state index contributed by atoms with van der Waals surface area (Å²) in [5.41, 5.74) is 0.229. The van der Waals surface area contributed by atoms with E-state index in [1.54, 1.807) is 6.07 Å². The van der Waals surface area contributed by atoms with Crippen LogP contribution in [0.3, 0.4) is 0 Å². The molecule has 12 heavy (non-hydrogen) atoms. The van der Waals surface area contributed by atoms with Gasteiger partial charge in [0.1, 0.15) is 0 Å². The van der Waals surface area contributed by atoms with Gasteiger partial charge in [0.15, 0.2) is 0 Å². The maximum absolute atomic E-state index is 12.7. The molecule has 2 nitrogen and oxygen atoms in total. The SMILES string of the molecule is N#CCC#Cc1cccnc1F. The second-order valence-electron chi connectivity index (χ2n) is 1.98. The highest BCUT2D eigenvalue weighted by atomic mass is 19.1. The second-order valence-corrected chi connectivity index (χ2v) is 1.98. The number of rotatable bonds is 0. The van der Waals surface area contributed by atoms with E-state index in [1.807, 2.05) is 6.07 Å². The van der Waals surface area contributed by atoms with Crippen LogP contribution in [0.4, 0.5) is 4.39 Å². The van der Waals surface area contributed by atoms with Crippen LogP contribution in [0.1, 0.15) is 12.0 Å². The van der Waals surface area contributed by atoms with Crippen molar-refractivity contribution in [2.75, 3.05) is 0 Å². The van der Waals surface area contributed by atoms with Gasteiger partial charge in [-0.2, -0.15) is 9.65 Å². The topological polar surface area (TPSA) is 36.7 Å². The first-order valence-electron chi connectivity index (χ1n) is 3.31. The molecule has 1 rings (SSSR count). The fourth-order valence-electron chi connectivity index (χ4n) is 0.658. The average molecular weight is 160 g/mol. The molecule has 0 N–H and O–H groups in total. The van der Waals surface area contributed by atoms with Crippen LogP contribution in [-0.4, -0.2) is 4.98 Å². The molecule has 0 aliphatic rings. The van der Waals surface area contributed by atoms with Crippen molar-refractivity contribution in [1.82, 2.24) is 4.98 Å². The highest BCUT2D eigenvalue weighted by molar-refractivity contribution is 5.32. The number of pyridine rings is 1. The predicted octanol–water partition coefficient (Wildman–Crippen LogP) is 1.49. The Hall–Kier alpha value is -1.87. The molecule has 0 fully saturated rings. The Morgan fingerprint density at radius 3 is 3.08 bits per heavy atom. The summed E-state index contributed by atoms with van der Waals surface area (Å²) in [6.07, 6.45) is 1.46. The van der Waals surface area contributed by atoms with Crippen LogP contribution >= 0.6 is 0 Å². The molecule has 1 heterocycles. The molecule has 0 aliphatic heterocycles. The molecule has 0 radical (unpaired) electrons. The van der Waals surface area contributed by atoms with E-state index in [4.69, 9.17) is 5.26 Å². The summed E-state index contributed by atoms with van der Waals surface area (Å²) in [6.45, 7) is 0. The normalized spacial score (nSPS) is 8.00. The standard InChI is InChI=1S/C9H5FN2/c10-9-8(4-1-2-6-11)5-3-7-12-9/h3,5,7H,2H2. The molecule has 0 saturated heterocycles. The number of hydrogen-bond acceptors (Lipinski definition) is 2. The Kier molecular flexibility index (Phi) is 2.81. The summed E-state index contributed by atoms with van der Waals surface area (Å²) < 4.78 is 12.7. The molecule has 1 aromatic rings. The zero-order valence-electron chi connectivity index (χ0n) is 6.21. The quantitative estimate of drug-likeness (QED) is 0.426. The maximum Gasteiger partial charge on any atom is 0.228 e. The largest absolute Gasteiger partial charge is 0.228 e. The second kappa shape index (κ2) is 4.10. The van der Waals surface area contributed by atoms with Gasteiger partial charge in [-0.15, -0.1) is 0 Å². The van der Waals surface area contributed by atoms with E-state index in [2.05, 4.69) is 16.8 Å². The maximum atomic E-state index is 12.7. The fourth-order valence-corrected chi connectivity index (χ4v) is 0.658. The van der Waals surface area contributed by atoms with Crippen molar-refractivity contribution in [3.63, 3.8) is 0 Å². The first-order valence-corrected chi connectivity index (χ1v) is 3.31. The van der Waals surface area contributed by atoms with Gasteiger partial charge in [0, 0.05) is 6.20 Å². The monoisotopic (exact) mass is 160 g/mol. The van der Waals surface area contributed by atoms with Gasteiger partial charge in [-0.25, -0.2) is 4.98 Å². The lowest BCUT2D eigenvalue weighted by molar-refractivity contribution is 0.580. The minimum Gasteiger partial charge on any atom is -0.227 e. The minimum atomic E-state index is -0.595. The van der Waals surface area contributed by atoms with E-state index >= 15 is 0 Å². The van der Waals surface area contributed by atoms with Gasteiger partial charge in [0.25, 0.3) is 0 Å². The average Bonchev–Trinajstić information content (AvgIpc) is 2.09. The molecule has 58 valence electrons. The molecular weight excluding hydrogens is 155 g/mol. The summed E-state index contributed by atoms with van der Waals surface area (Å²) in [7, 11) is 0. The van der Waals surface area contributed by atoms with Gasteiger partial charge in [-0.1, -0.05) is 11.8 Å². The van der Waals surface area contributed by atoms with Crippen molar-refractivity contribution >= 4 is 0 Å². The fraction of sp³-hybridized carbons (Fsp3) is 0.111. The first-order chi connectivity index (χ1) is 5.84. The Morgan fingerprint density at radius 2 is 2.42 bits per heavy atom. The molecule has 3 heteroatoms. The van der Waals surface area contributed by atoms with Gasteiger partial charge in [0.2, 0.25) is 5.95 Å². The molecule has 0 unspecified atom stereocenters. The summed E-state index contributed by atoms with van der Waals surface area (Å²) in [4.78, 5) is 3.41. The molecular formula is C9H5FN2. The third-order valence-electron chi connectivity index (χ3n) is 1.15. The highest BCUT2D eigenvalue weighted by Gasteiger charge is 1.95. The van der Waals surface area contributed by atoms with Gasteiger partial charge in [-0.05, 0) is 12.1 Å². The van der Waals surface area contributed by atoms with Crippen LogP contribution in [0, 0.1) is 29.1 Å². The Balaban J connectivity index is 2.86. The molecule has 0 bridgehead atoms. The van der Waals surface area contributed by atoms with E-state index < -0.39 is 5.95 Å². The number of aromatic nitrogens is 1. The van der Waals surface area contributed by atoms with Crippen molar-refractivity contribution in [3.8, 4) is 17.9 Å². The van der Waals surface area contributed by atoms with Crippen LogP contribution in [0.15, 0.2) is 18.3 Å². The third kappa shape index (κ3) is 2.07. The predicted molar refractivity (Wildman–Crippen MR) is 41.3 cm³/mol. The smallest absolute Gasteiger partial charge is 0.227 e. The minimum absolute atomic E-state index is 0.105. The van der Waals surface area contributed by atoms with Crippen molar-refractivity contribution in [3.05, 3.63) is 29.8 Å². The lowest BCUT2D eigenvalue weighted by atomic mass is 10.3. The summed E-state index contributed by atoms with van der Waals surface area (Å²) in [5.74, 6) is 4.41. The number of nitrogens with zero attached hydrogens (tertiary/aromatic N) is 2. The number of hydrogen-bond donors (Lipinski definition) is 0. The van der Waals surface area contributed by atoms with Crippen LogP contribution in [0.2, 0.25) is 0 Å². The Bertz CT molecular complexity index is 368. The molecule has 0 aliphatic carbocycles. The van der Waals surface area contributed by atoms with E-state index in [1.165, 1.54) is 12.3 Å². The lowest BCUT2D eigenvalue weighted by Crippen LogP contribution is -1.85. The molecule has 0 aromatic carbocycles. The Morgan fingerprint density at radius 1 is 1.58 bits per heavy atom. The van der Waals surface area contributed by atoms with Crippen LogP contribution in [0.5, 0.6) is 0 Å². The molecule has 0 atom stereocenters. The first kappa shape index (κ1) is 8.23. The van der Waals surface area contributed by atoms with Gasteiger partial charge in [0.05, 0.1) is 18.1 Å². The van der Waals surface area contributed by atoms with E-state index in [0.717, 1.165) is 0 Å². The zero-order chi connectivity index (χ0) is 8.81. The molecule has 0 saturated carbocycles. The lowest BCUT2D eigenvalue weighted by Gasteiger charge is -1.88. The third-order valence-corrected chi connectivity index (χ3v) is 1.15. The Labute approximate surface area is 69.7 Å². The molecule has 1 aromatic heterocycles. The highest BCUT2D eigenvalue weighted by Crippen LogP contribution is 1.99.